The third-order valence-corrected chi connectivity index (χ3v) is 3.35. The molecule has 1 N–H and O–H groups in total. The van der Waals surface area contributed by atoms with Crippen LogP contribution in [0.3, 0.4) is 0 Å². The molecule has 2 rings (SSSR count). The smallest absolute Gasteiger partial charge is 0.222 e. The minimum atomic E-state index is -0.142. The Labute approximate surface area is 114 Å². The fourth-order valence-corrected chi connectivity index (χ4v) is 2.33. The number of carbonyl (C=O) groups is 1. The molecule has 1 aromatic carbocycles. The highest BCUT2D eigenvalue weighted by molar-refractivity contribution is 5.76. The first-order valence-corrected chi connectivity index (χ1v) is 6.76. The molecule has 1 saturated heterocycles. The molecule has 1 heterocycles. The summed E-state index contributed by atoms with van der Waals surface area (Å²) in [5.41, 5.74) is 1.95. The first kappa shape index (κ1) is 13.6. The third kappa shape index (κ3) is 3.84. The average Bonchev–Trinajstić information content (AvgIpc) is 2.63. The molecular formula is C16H19NO2. The number of likely N-dealkylation sites (tertiary alicyclic amines) is 1. The van der Waals surface area contributed by atoms with E-state index in [2.05, 4.69) is 11.8 Å². The van der Waals surface area contributed by atoms with Crippen molar-refractivity contribution in [2.24, 2.45) is 0 Å². The summed E-state index contributed by atoms with van der Waals surface area (Å²) in [7, 11) is 0. The molecule has 0 bridgehead atoms. The number of amides is 1. The van der Waals surface area contributed by atoms with E-state index in [1.54, 1.807) is 0 Å². The van der Waals surface area contributed by atoms with Crippen molar-refractivity contribution in [3.8, 4) is 11.8 Å². The van der Waals surface area contributed by atoms with E-state index in [9.17, 15) is 4.79 Å². The summed E-state index contributed by atoms with van der Waals surface area (Å²) >= 11 is 0. The van der Waals surface area contributed by atoms with Gasteiger partial charge in [-0.15, -0.1) is 0 Å². The number of hydrogen-bond donors (Lipinski definition) is 1. The van der Waals surface area contributed by atoms with Crippen LogP contribution in [-0.2, 0) is 11.3 Å². The minimum absolute atomic E-state index is 0.142. The van der Waals surface area contributed by atoms with Gasteiger partial charge >= 0.3 is 0 Å². The fourth-order valence-electron chi connectivity index (χ4n) is 2.33. The number of rotatable bonds is 2. The maximum Gasteiger partial charge on any atom is 0.222 e. The van der Waals surface area contributed by atoms with Crippen molar-refractivity contribution in [2.75, 3.05) is 13.2 Å². The second-order valence-corrected chi connectivity index (χ2v) is 4.74. The topological polar surface area (TPSA) is 40.5 Å². The number of benzene rings is 1. The number of aliphatic hydroxyl groups is 1. The Morgan fingerprint density at radius 1 is 1.21 bits per heavy atom. The first-order chi connectivity index (χ1) is 9.31. The van der Waals surface area contributed by atoms with Gasteiger partial charge in [0.1, 0.15) is 6.61 Å². The summed E-state index contributed by atoms with van der Waals surface area (Å²) < 4.78 is 0. The molecule has 0 aromatic heterocycles. The van der Waals surface area contributed by atoms with Crippen LogP contribution in [0.1, 0.15) is 36.8 Å². The van der Waals surface area contributed by atoms with Gasteiger partial charge in [-0.25, -0.2) is 0 Å². The van der Waals surface area contributed by atoms with Crippen molar-refractivity contribution >= 4 is 5.91 Å². The largest absolute Gasteiger partial charge is 0.384 e. The number of aliphatic hydroxyl groups excluding tert-OH is 1. The molecule has 0 spiro atoms. The van der Waals surface area contributed by atoms with Crippen molar-refractivity contribution in [1.82, 2.24) is 4.90 Å². The summed E-state index contributed by atoms with van der Waals surface area (Å²) in [6.45, 7) is 1.31. The molecule has 0 radical (unpaired) electrons. The van der Waals surface area contributed by atoms with Crippen LogP contribution < -0.4 is 0 Å². The van der Waals surface area contributed by atoms with Crippen LogP contribution in [0.5, 0.6) is 0 Å². The van der Waals surface area contributed by atoms with E-state index in [4.69, 9.17) is 5.11 Å². The second kappa shape index (κ2) is 6.96. The normalized spacial score (nSPS) is 15.6. The Morgan fingerprint density at radius 2 is 2.05 bits per heavy atom. The van der Waals surface area contributed by atoms with Crippen molar-refractivity contribution in [3.05, 3.63) is 35.4 Å². The Hall–Kier alpha value is -1.79. The highest BCUT2D eigenvalue weighted by Gasteiger charge is 2.17. The monoisotopic (exact) mass is 257 g/mol. The lowest BCUT2D eigenvalue weighted by molar-refractivity contribution is -0.131. The maximum absolute atomic E-state index is 12.0. The molecule has 0 saturated carbocycles. The van der Waals surface area contributed by atoms with Crippen LogP contribution >= 0.6 is 0 Å². The molecular weight excluding hydrogens is 238 g/mol. The van der Waals surface area contributed by atoms with E-state index in [1.165, 1.54) is 0 Å². The van der Waals surface area contributed by atoms with Crippen LogP contribution in [0.2, 0.25) is 0 Å². The van der Waals surface area contributed by atoms with Gasteiger partial charge in [-0.2, -0.15) is 0 Å². The number of carbonyl (C=O) groups excluding carboxylic acids is 1. The van der Waals surface area contributed by atoms with Gasteiger partial charge in [0, 0.05) is 25.1 Å². The Balaban J connectivity index is 2.15. The lowest BCUT2D eigenvalue weighted by Gasteiger charge is -2.21. The summed E-state index contributed by atoms with van der Waals surface area (Å²) in [6, 6.07) is 7.82. The zero-order valence-corrected chi connectivity index (χ0v) is 11.1. The van der Waals surface area contributed by atoms with Crippen LogP contribution in [0.15, 0.2) is 24.3 Å². The van der Waals surface area contributed by atoms with Crippen LogP contribution in [0.25, 0.3) is 0 Å². The second-order valence-electron chi connectivity index (χ2n) is 4.74. The predicted octanol–water partition coefficient (Wildman–Crippen LogP) is 1.93. The predicted molar refractivity (Wildman–Crippen MR) is 74.3 cm³/mol. The molecule has 0 aliphatic carbocycles. The van der Waals surface area contributed by atoms with Gasteiger partial charge in [-0.3, -0.25) is 4.79 Å². The molecule has 100 valence electrons. The molecule has 1 fully saturated rings. The molecule has 3 heteroatoms. The van der Waals surface area contributed by atoms with E-state index in [0.717, 1.165) is 36.9 Å². The SMILES string of the molecule is O=C1CCCCCN1Cc1ccccc1C#CCO. The van der Waals surface area contributed by atoms with Crippen molar-refractivity contribution in [2.45, 2.75) is 32.2 Å². The number of nitrogens with zero attached hydrogens (tertiary/aromatic N) is 1. The molecule has 1 aliphatic heterocycles. The standard InChI is InChI=1S/C16H19NO2/c18-12-6-9-14-7-3-4-8-15(14)13-17-11-5-1-2-10-16(17)19/h3-4,7-8,18H,1-2,5,10-13H2. The van der Waals surface area contributed by atoms with Crippen LogP contribution in [0, 0.1) is 11.8 Å². The van der Waals surface area contributed by atoms with E-state index < -0.39 is 0 Å². The molecule has 0 atom stereocenters. The van der Waals surface area contributed by atoms with E-state index >= 15 is 0 Å². The highest BCUT2D eigenvalue weighted by Crippen LogP contribution is 2.16. The quantitative estimate of drug-likeness (QED) is 0.822. The van der Waals surface area contributed by atoms with Gasteiger partial charge in [-0.05, 0) is 24.5 Å². The van der Waals surface area contributed by atoms with Gasteiger partial charge < -0.3 is 10.0 Å². The molecule has 1 aromatic rings. The summed E-state index contributed by atoms with van der Waals surface area (Å²) in [5, 5.41) is 8.78. The molecule has 19 heavy (non-hydrogen) atoms. The lowest BCUT2D eigenvalue weighted by Crippen LogP contribution is -2.29. The fraction of sp³-hybridized carbons (Fsp3) is 0.438. The maximum atomic E-state index is 12.0. The van der Waals surface area contributed by atoms with Gasteiger partial charge in [0.15, 0.2) is 0 Å². The van der Waals surface area contributed by atoms with Crippen LogP contribution in [0.4, 0.5) is 0 Å². The Morgan fingerprint density at radius 3 is 2.89 bits per heavy atom. The first-order valence-electron chi connectivity index (χ1n) is 6.76. The summed E-state index contributed by atoms with van der Waals surface area (Å²) in [5.74, 6) is 5.85. The van der Waals surface area contributed by atoms with Gasteiger partial charge in [0.05, 0.1) is 0 Å². The van der Waals surface area contributed by atoms with Crippen molar-refractivity contribution in [1.29, 1.82) is 0 Å². The molecule has 3 nitrogen and oxygen atoms in total. The average molecular weight is 257 g/mol. The van der Waals surface area contributed by atoms with Gasteiger partial charge in [0.2, 0.25) is 5.91 Å². The lowest BCUT2D eigenvalue weighted by atomic mass is 10.1. The number of hydrogen-bond acceptors (Lipinski definition) is 2. The van der Waals surface area contributed by atoms with Crippen LogP contribution in [-0.4, -0.2) is 29.1 Å². The Kier molecular flexibility index (Phi) is 5.00. The molecule has 0 unspecified atom stereocenters. The summed E-state index contributed by atoms with van der Waals surface area (Å²) in [6.07, 6.45) is 3.87. The zero-order valence-electron chi connectivity index (χ0n) is 11.1. The van der Waals surface area contributed by atoms with E-state index in [1.807, 2.05) is 29.2 Å². The highest BCUT2D eigenvalue weighted by atomic mass is 16.2. The summed E-state index contributed by atoms with van der Waals surface area (Å²) in [4.78, 5) is 13.9. The Bertz CT molecular complexity index is 499. The zero-order chi connectivity index (χ0) is 13.5. The molecule has 1 aliphatic rings. The molecule has 1 amide bonds. The van der Waals surface area contributed by atoms with Gasteiger partial charge in [-0.1, -0.05) is 36.5 Å². The van der Waals surface area contributed by atoms with E-state index in [0.29, 0.717) is 13.0 Å². The third-order valence-electron chi connectivity index (χ3n) is 3.35. The minimum Gasteiger partial charge on any atom is -0.384 e. The van der Waals surface area contributed by atoms with Gasteiger partial charge in [0.25, 0.3) is 0 Å². The van der Waals surface area contributed by atoms with Crippen molar-refractivity contribution < 1.29 is 9.90 Å². The van der Waals surface area contributed by atoms with E-state index in [-0.39, 0.29) is 12.5 Å². The van der Waals surface area contributed by atoms with Crippen molar-refractivity contribution in [3.63, 3.8) is 0 Å².